The molecular weight excluding hydrogens is 375 g/mol. The summed E-state index contributed by atoms with van der Waals surface area (Å²) < 4.78 is 18.6. The summed E-state index contributed by atoms with van der Waals surface area (Å²) in [6.07, 6.45) is 2.39. The Morgan fingerprint density at radius 1 is 1.00 bits per heavy atom. The number of esters is 1. The van der Waals surface area contributed by atoms with Crippen molar-refractivity contribution in [3.05, 3.63) is 54.3 Å². The number of hydrogen-bond donors (Lipinski definition) is 1. The van der Waals surface area contributed by atoms with E-state index in [4.69, 9.17) is 10.5 Å². The number of hydrogen-bond acceptors (Lipinski definition) is 6. The van der Waals surface area contributed by atoms with Gasteiger partial charge in [-0.1, -0.05) is 0 Å². The summed E-state index contributed by atoms with van der Waals surface area (Å²) in [6.45, 7) is 2.06. The van der Waals surface area contributed by atoms with Crippen molar-refractivity contribution in [2.24, 2.45) is 10.8 Å². The highest BCUT2D eigenvalue weighted by molar-refractivity contribution is 6.38. The number of carbonyl (C=O) groups is 2. The second kappa shape index (κ2) is 7.90. The van der Waals surface area contributed by atoms with E-state index in [9.17, 15) is 14.0 Å². The van der Waals surface area contributed by atoms with Gasteiger partial charge in [-0.3, -0.25) is 9.80 Å². The van der Waals surface area contributed by atoms with Crippen LogP contribution in [0.15, 0.2) is 53.6 Å². The molecule has 2 N–H and O–H groups in total. The highest BCUT2D eigenvalue weighted by Crippen LogP contribution is 2.26. The third-order valence-corrected chi connectivity index (χ3v) is 5.08. The molecule has 2 aromatic rings. The molecule has 7 nitrogen and oxygen atoms in total. The van der Waals surface area contributed by atoms with Gasteiger partial charge in [-0.15, -0.1) is 0 Å². The SMILES string of the molecule is NC(=O)C1CC(C(=O)Oc2ccc(N3CCCC3)cc2)=NN1c1ccc(F)cc1. The fraction of sp³-hybridized carbons (Fsp3) is 0.286. The molecule has 2 aromatic carbocycles. The second-order valence-corrected chi connectivity index (χ2v) is 7.07. The molecule has 0 radical (unpaired) electrons. The highest BCUT2D eigenvalue weighted by Gasteiger charge is 2.36. The number of nitrogens with two attached hydrogens (primary N) is 1. The topological polar surface area (TPSA) is 88.2 Å². The first-order chi connectivity index (χ1) is 14.0. The van der Waals surface area contributed by atoms with Gasteiger partial charge in [0, 0.05) is 25.2 Å². The number of primary amides is 1. The maximum absolute atomic E-state index is 13.2. The Bertz CT molecular complexity index is 937. The van der Waals surface area contributed by atoms with Gasteiger partial charge in [-0.2, -0.15) is 5.10 Å². The van der Waals surface area contributed by atoms with Crippen LogP contribution >= 0.6 is 0 Å². The lowest BCUT2D eigenvalue weighted by molar-refractivity contribution is -0.127. The van der Waals surface area contributed by atoms with E-state index < -0.39 is 23.7 Å². The zero-order chi connectivity index (χ0) is 20.4. The van der Waals surface area contributed by atoms with E-state index >= 15 is 0 Å². The number of rotatable bonds is 5. The van der Waals surface area contributed by atoms with Crippen LogP contribution in [0.1, 0.15) is 19.3 Å². The predicted octanol–water partition coefficient (Wildman–Crippen LogP) is 2.45. The third-order valence-electron chi connectivity index (χ3n) is 5.08. The molecule has 29 heavy (non-hydrogen) atoms. The molecule has 8 heteroatoms. The van der Waals surface area contributed by atoms with Gasteiger partial charge in [0.1, 0.15) is 23.3 Å². The number of hydrazone groups is 1. The van der Waals surface area contributed by atoms with Crippen LogP contribution in [0.4, 0.5) is 15.8 Å². The van der Waals surface area contributed by atoms with Crippen molar-refractivity contribution in [1.82, 2.24) is 0 Å². The van der Waals surface area contributed by atoms with Crippen molar-refractivity contribution in [3.8, 4) is 5.75 Å². The van der Waals surface area contributed by atoms with Crippen LogP contribution in [0.2, 0.25) is 0 Å². The first kappa shape index (κ1) is 18.9. The molecule has 1 unspecified atom stereocenters. The predicted molar refractivity (Wildman–Crippen MR) is 107 cm³/mol. The van der Waals surface area contributed by atoms with Crippen LogP contribution in [0.25, 0.3) is 0 Å². The molecule has 0 aromatic heterocycles. The molecule has 1 atom stereocenters. The zero-order valence-electron chi connectivity index (χ0n) is 15.8. The van der Waals surface area contributed by atoms with Gasteiger partial charge in [0.15, 0.2) is 0 Å². The summed E-state index contributed by atoms with van der Waals surface area (Å²) in [6, 6.07) is 11.9. The molecule has 0 bridgehead atoms. The van der Waals surface area contributed by atoms with Gasteiger partial charge in [-0.05, 0) is 61.4 Å². The number of ether oxygens (including phenoxy) is 1. The fourth-order valence-corrected chi connectivity index (χ4v) is 3.55. The Hall–Kier alpha value is -3.42. The minimum atomic E-state index is -0.833. The number of nitrogens with zero attached hydrogens (tertiary/aromatic N) is 3. The molecule has 1 saturated heterocycles. The first-order valence-electron chi connectivity index (χ1n) is 9.50. The summed E-state index contributed by atoms with van der Waals surface area (Å²) in [7, 11) is 0. The van der Waals surface area contributed by atoms with Crippen LogP contribution in [0, 0.1) is 5.82 Å². The molecule has 0 saturated carbocycles. The van der Waals surface area contributed by atoms with Crippen molar-refractivity contribution in [2.45, 2.75) is 25.3 Å². The minimum Gasteiger partial charge on any atom is -0.422 e. The smallest absolute Gasteiger partial charge is 0.359 e. The summed E-state index contributed by atoms with van der Waals surface area (Å²) in [5, 5.41) is 5.54. The molecule has 2 heterocycles. The molecule has 1 amide bonds. The molecule has 1 fully saturated rings. The van der Waals surface area contributed by atoms with Gasteiger partial charge in [0.2, 0.25) is 5.91 Å². The molecular formula is C21H21FN4O3. The van der Waals surface area contributed by atoms with E-state index in [0.29, 0.717) is 11.4 Å². The van der Waals surface area contributed by atoms with Crippen LogP contribution < -0.4 is 20.4 Å². The van der Waals surface area contributed by atoms with Gasteiger partial charge in [0.25, 0.3) is 0 Å². The van der Waals surface area contributed by atoms with Crippen LogP contribution in [-0.4, -0.2) is 36.7 Å². The third kappa shape index (κ3) is 4.06. The molecule has 4 rings (SSSR count). The Balaban J connectivity index is 1.48. The van der Waals surface area contributed by atoms with E-state index in [1.165, 1.54) is 42.1 Å². The Morgan fingerprint density at radius 3 is 2.24 bits per heavy atom. The van der Waals surface area contributed by atoms with Crippen molar-refractivity contribution in [3.63, 3.8) is 0 Å². The van der Waals surface area contributed by atoms with E-state index in [2.05, 4.69) is 10.0 Å². The van der Waals surface area contributed by atoms with Gasteiger partial charge in [-0.25, -0.2) is 9.18 Å². The average Bonchev–Trinajstić information content (AvgIpc) is 3.39. The maximum Gasteiger partial charge on any atom is 0.359 e. The van der Waals surface area contributed by atoms with Crippen molar-refractivity contribution in [2.75, 3.05) is 23.0 Å². The quantitative estimate of drug-likeness (QED) is 0.620. The molecule has 2 aliphatic rings. The minimum absolute atomic E-state index is 0.0252. The van der Waals surface area contributed by atoms with Gasteiger partial charge < -0.3 is 15.4 Å². The van der Waals surface area contributed by atoms with E-state index in [-0.39, 0.29) is 12.1 Å². The van der Waals surface area contributed by atoms with Gasteiger partial charge in [0.05, 0.1) is 5.69 Å². The van der Waals surface area contributed by atoms with E-state index in [0.717, 1.165) is 18.8 Å². The zero-order valence-corrected chi connectivity index (χ0v) is 15.8. The maximum atomic E-state index is 13.2. The summed E-state index contributed by atoms with van der Waals surface area (Å²) >= 11 is 0. The number of anilines is 2. The summed E-state index contributed by atoms with van der Waals surface area (Å²) in [5.41, 5.74) is 7.11. The lowest BCUT2D eigenvalue weighted by Crippen LogP contribution is -2.39. The van der Waals surface area contributed by atoms with E-state index in [1.807, 2.05) is 12.1 Å². The molecule has 0 aliphatic carbocycles. The lowest BCUT2D eigenvalue weighted by Gasteiger charge is -2.20. The normalized spacial score (nSPS) is 18.7. The first-order valence-corrected chi connectivity index (χ1v) is 9.50. The van der Waals surface area contributed by atoms with Crippen LogP contribution in [-0.2, 0) is 9.59 Å². The average molecular weight is 396 g/mol. The number of benzene rings is 2. The fourth-order valence-electron chi connectivity index (χ4n) is 3.55. The Morgan fingerprint density at radius 2 is 1.62 bits per heavy atom. The number of carbonyl (C=O) groups excluding carboxylic acids is 2. The summed E-state index contributed by atoms with van der Waals surface area (Å²) in [4.78, 5) is 26.7. The Kier molecular flexibility index (Phi) is 5.16. The highest BCUT2D eigenvalue weighted by atomic mass is 19.1. The number of halogens is 1. The van der Waals surface area contributed by atoms with Gasteiger partial charge >= 0.3 is 5.97 Å². The second-order valence-electron chi connectivity index (χ2n) is 7.07. The molecule has 150 valence electrons. The standard InChI is InChI=1S/C21H21FN4O3/c22-14-3-5-16(6-4-14)26-19(20(23)27)13-18(24-26)21(28)29-17-9-7-15(8-10-17)25-11-1-2-12-25/h3-10,19H,1-2,11-13H2,(H2,23,27). The van der Waals surface area contributed by atoms with Crippen LogP contribution in [0.3, 0.4) is 0 Å². The molecule has 2 aliphatic heterocycles. The largest absolute Gasteiger partial charge is 0.422 e. The molecule has 0 spiro atoms. The van der Waals surface area contributed by atoms with Crippen molar-refractivity contribution < 1.29 is 18.7 Å². The van der Waals surface area contributed by atoms with Crippen molar-refractivity contribution in [1.29, 1.82) is 0 Å². The monoisotopic (exact) mass is 396 g/mol. The summed E-state index contributed by atoms with van der Waals surface area (Å²) in [5.74, 6) is -1.29. The Labute approximate surface area is 167 Å². The van der Waals surface area contributed by atoms with E-state index in [1.54, 1.807) is 12.1 Å². The van der Waals surface area contributed by atoms with Crippen LogP contribution in [0.5, 0.6) is 5.75 Å². The number of amides is 1. The van der Waals surface area contributed by atoms with Crippen molar-refractivity contribution >= 4 is 29.0 Å². The lowest BCUT2D eigenvalue weighted by atomic mass is 10.1.